The minimum atomic E-state index is 0.130. The van der Waals surface area contributed by atoms with Crippen molar-refractivity contribution in [3.8, 4) is 0 Å². The van der Waals surface area contributed by atoms with Crippen molar-refractivity contribution in [1.82, 2.24) is 4.90 Å². The SMILES string of the molecule is O=C(c1ccccc1)N1[CH]CCCC1. The van der Waals surface area contributed by atoms with E-state index < -0.39 is 0 Å². The first-order chi connectivity index (χ1) is 6.88. The van der Waals surface area contributed by atoms with Crippen molar-refractivity contribution in [2.24, 2.45) is 0 Å². The average Bonchev–Trinajstić information content (AvgIpc) is 2.30. The first-order valence-corrected chi connectivity index (χ1v) is 5.07. The largest absolute Gasteiger partial charge is 0.334 e. The van der Waals surface area contributed by atoms with E-state index in [1.807, 2.05) is 41.8 Å². The summed E-state index contributed by atoms with van der Waals surface area (Å²) in [5, 5.41) is 0. The van der Waals surface area contributed by atoms with Crippen LogP contribution in [0.1, 0.15) is 29.6 Å². The van der Waals surface area contributed by atoms with Crippen LogP contribution in [0.2, 0.25) is 0 Å². The zero-order chi connectivity index (χ0) is 9.80. The van der Waals surface area contributed by atoms with E-state index in [4.69, 9.17) is 0 Å². The molecular formula is C12H14NO. The molecule has 1 heterocycles. The highest BCUT2D eigenvalue weighted by molar-refractivity contribution is 5.94. The Morgan fingerprint density at radius 1 is 1.14 bits per heavy atom. The Hall–Kier alpha value is -1.31. The third-order valence-electron chi connectivity index (χ3n) is 2.48. The molecule has 1 aromatic carbocycles. The third-order valence-corrected chi connectivity index (χ3v) is 2.48. The second-order valence-electron chi connectivity index (χ2n) is 3.54. The fourth-order valence-electron chi connectivity index (χ4n) is 1.70. The maximum absolute atomic E-state index is 11.9. The Labute approximate surface area is 84.5 Å². The molecule has 0 spiro atoms. The number of hydrogen-bond donors (Lipinski definition) is 0. The van der Waals surface area contributed by atoms with Crippen LogP contribution in [0.5, 0.6) is 0 Å². The maximum atomic E-state index is 11.9. The van der Waals surface area contributed by atoms with E-state index in [0.717, 1.165) is 24.9 Å². The second-order valence-corrected chi connectivity index (χ2v) is 3.54. The summed E-state index contributed by atoms with van der Waals surface area (Å²) < 4.78 is 0. The molecule has 1 saturated heterocycles. The van der Waals surface area contributed by atoms with Gasteiger partial charge in [-0.15, -0.1) is 0 Å². The van der Waals surface area contributed by atoms with Gasteiger partial charge in [0.1, 0.15) is 0 Å². The van der Waals surface area contributed by atoms with E-state index >= 15 is 0 Å². The number of hydrogen-bond acceptors (Lipinski definition) is 1. The monoisotopic (exact) mass is 188 g/mol. The van der Waals surface area contributed by atoms with Gasteiger partial charge in [-0.25, -0.2) is 0 Å². The summed E-state index contributed by atoms with van der Waals surface area (Å²) in [5.41, 5.74) is 0.783. The predicted octanol–water partition coefficient (Wildman–Crippen LogP) is 2.47. The van der Waals surface area contributed by atoms with Crippen molar-refractivity contribution in [2.75, 3.05) is 6.54 Å². The zero-order valence-electron chi connectivity index (χ0n) is 8.15. The Kier molecular flexibility index (Phi) is 2.82. The van der Waals surface area contributed by atoms with E-state index in [0.29, 0.717) is 0 Å². The summed E-state index contributed by atoms with van der Waals surface area (Å²) in [5.74, 6) is 0.130. The maximum Gasteiger partial charge on any atom is 0.254 e. The molecule has 1 radical (unpaired) electrons. The third kappa shape index (κ3) is 1.95. The normalized spacial score (nSPS) is 16.7. The highest BCUT2D eigenvalue weighted by Crippen LogP contribution is 2.15. The van der Waals surface area contributed by atoms with Crippen LogP contribution in [-0.2, 0) is 0 Å². The molecule has 0 unspecified atom stereocenters. The molecule has 73 valence electrons. The minimum absolute atomic E-state index is 0.130. The summed E-state index contributed by atoms with van der Waals surface area (Å²) in [6.45, 7) is 2.88. The molecule has 0 N–H and O–H groups in total. The van der Waals surface area contributed by atoms with Crippen LogP contribution in [0.15, 0.2) is 30.3 Å². The van der Waals surface area contributed by atoms with E-state index in [9.17, 15) is 4.79 Å². The van der Waals surface area contributed by atoms with Crippen LogP contribution in [0.4, 0.5) is 0 Å². The number of benzene rings is 1. The lowest BCUT2D eigenvalue weighted by Gasteiger charge is -2.26. The number of amides is 1. The molecule has 14 heavy (non-hydrogen) atoms. The van der Waals surface area contributed by atoms with Crippen molar-refractivity contribution in [1.29, 1.82) is 0 Å². The molecule has 0 bridgehead atoms. The predicted molar refractivity (Wildman–Crippen MR) is 55.6 cm³/mol. The minimum Gasteiger partial charge on any atom is -0.334 e. The fourth-order valence-corrected chi connectivity index (χ4v) is 1.70. The van der Waals surface area contributed by atoms with Gasteiger partial charge in [0, 0.05) is 12.1 Å². The van der Waals surface area contributed by atoms with Gasteiger partial charge in [0.2, 0.25) is 0 Å². The molecule has 0 saturated carbocycles. The Morgan fingerprint density at radius 2 is 1.93 bits per heavy atom. The van der Waals surface area contributed by atoms with Crippen molar-refractivity contribution >= 4 is 5.91 Å². The highest BCUT2D eigenvalue weighted by atomic mass is 16.2. The van der Waals surface area contributed by atoms with Crippen molar-refractivity contribution < 1.29 is 4.79 Å². The van der Waals surface area contributed by atoms with E-state index in [1.54, 1.807) is 0 Å². The smallest absolute Gasteiger partial charge is 0.254 e. The molecule has 1 amide bonds. The standard InChI is InChI=1S/C12H14NO/c14-12(11-7-3-1-4-8-11)13-9-5-2-6-10-13/h1,3-4,7-9H,2,5-6,10H2. The molecule has 2 rings (SSSR count). The number of nitrogens with zero attached hydrogens (tertiary/aromatic N) is 1. The summed E-state index contributed by atoms with van der Waals surface area (Å²) in [6.07, 6.45) is 3.35. The lowest BCUT2D eigenvalue weighted by molar-refractivity contribution is 0.0774. The fraction of sp³-hybridized carbons (Fsp3) is 0.333. The van der Waals surface area contributed by atoms with E-state index in [2.05, 4.69) is 0 Å². The first kappa shape index (κ1) is 9.25. The first-order valence-electron chi connectivity index (χ1n) is 5.07. The van der Waals surface area contributed by atoms with Gasteiger partial charge in [-0.1, -0.05) is 18.2 Å². The van der Waals surface area contributed by atoms with Crippen molar-refractivity contribution in [3.63, 3.8) is 0 Å². The van der Waals surface area contributed by atoms with Gasteiger partial charge in [-0.05, 0) is 31.4 Å². The number of piperidine rings is 1. The number of carbonyl (C=O) groups excluding carboxylic acids is 1. The van der Waals surface area contributed by atoms with E-state index in [-0.39, 0.29) is 5.91 Å². The molecule has 1 aromatic rings. The molecule has 2 heteroatoms. The Bertz CT molecular complexity index is 301. The van der Waals surface area contributed by atoms with Gasteiger partial charge in [0.15, 0.2) is 0 Å². The quantitative estimate of drug-likeness (QED) is 0.663. The van der Waals surface area contributed by atoms with Crippen LogP contribution < -0.4 is 0 Å². The van der Waals surface area contributed by atoms with Crippen LogP contribution in [0.3, 0.4) is 0 Å². The molecule has 2 nitrogen and oxygen atoms in total. The topological polar surface area (TPSA) is 20.3 Å². The van der Waals surface area contributed by atoms with Gasteiger partial charge < -0.3 is 4.90 Å². The average molecular weight is 188 g/mol. The zero-order valence-corrected chi connectivity index (χ0v) is 8.15. The van der Waals surface area contributed by atoms with Gasteiger partial charge in [-0.3, -0.25) is 4.79 Å². The van der Waals surface area contributed by atoms with Crippen molar-refractivity contribution in [2.45, 2.75) is 19.3 Å². The summed E-state index contributed by atoms with van der Waals surface area (Å²) >= 11 is 0. The van der Waals surface area contributed by atoms with Gasteiger partial charge in [-0.2, -0.15) is 0 Å². The van der Waals surface area contributed by atoms with Crippen LogP contribution in [0.25, 0.3) is 0 Å². The summed E-state index contributed by atoms with van der Waals surface area (Å²) in [4.78, 5) is 13.7. The van der Waals surface area contributed by atoms with Gasteiger partial charge in [0.05, 0.1) is 6.54 Å². The number of rotatable bonds is 1. The molecule has 0 aliphatic carbocycles. The van der Waals surface area contributed by atoms with Gasteiger partial charge in [0.25, 0.3) is 5.91 Å². The van der Waals surface area contributed by atoms with Crippen LogP contribution in [0, 0.1) is 6.54 Å². The molecule has 0 aromatic heterocycles. The second kappa shape index (κ2) is 4.27. The molecule has 1 fully saturated rings. The van der Waals surface area contributed by atoms with Crippen molar-refractivity contribution in [3.05, 3.63) is 42.4 Å². The van der Waals surface area contributed by atoms with Gasteiger partial charge >= 0.3 is 0 Å². The molecule has 0 atom stereocenters. The molecule has 1 aliphatic heterocycles. The van der Waals surface area contributed by atoms with Crippen LogP contribution >= 0.6 is 0 Å². The lowest BCUT2D eigenvalue weighted by atomic mass is 10.1. The van der Waals surface area contributed by atoms with Crippen LogP contribution in [-0.4, -0.2) is 17.4 Å². The molecular weight excluding hydrogens is 174 g/mol. The number of likely N-dealkylation sites (tertiary alicyclic amines) is 1. The highest BCUT2D eigenvalue weighted by Gasteiger charge is 2.17. The van der Waals surface area contributed by atoms with E-state index in [1.165, 1.54) is 6.42 Å². The Morgan fingerprint density at radius 3 is 2.57 bits per heavy atom. The lowest BCUT2D eigenvalue weighted by Crippen LogP contribution is -2.32. The summed E-state index contributed by atoms with van der Waals surface area (Å²) in [7, 11) is 0. The summed E-state index contributed by atoms with van der Waals surface area (Å²) in [6, 6.07) is 9.46. The number of carbonyl (C=O) groups is 1. The Balaban J connectivity index is 2.07. The molecule has 1 aliphatic rings.